The van der Waals surface area contributed by atoms with Gasteiger partial charge in [0.05, 0.1) is 5.92 Å². The van der Waals surface area contributed by atoms with Crippen molar-refractivity contribution in [3.63, 3.8) is 0 Å². The molecule has 2 aromatic carbocycles. The van der Waals surface area contributed by atoms with E-state index in [2.05, 4.69) is 0 Å². The molecule has 0 aliphatic rings. The van der Waals surface area contributed by atoms with Crippen molar-refractivity contribution in [1.82, 2.24) is 0 Å². The molecule has 0 heterocycles. The van der Waals surface area contributed by atoms with Crippen molar-refractivity contribution in [2.75, 3.05) is 0 Å². The van der Waals surface area contributed by atoms with Gasteiger partial charge in [0.2, 0.25) is 0 Å². The molecule has 2 aromatic rings. The lowest BCUT2D eigenvalue weighted by molar-refractivity contribution is -0.138. The zero-order chi connectivity index (χ0) is 14.7. The summed E-state index contributed by atoms with van der Waals surface area (Å²) in [4.78, 5) is 11.5. The molecule has 2 rings (SSSR count). The number of carboxylic acid groups (broad SMARTS) is 1. The Labute approximate surface area is 128 Å². The van der Waals surface area contributed by atoms with Crippen molar-refractivity contribution < 1.29 is 9.90 Å². The second-order valence-electron chi connectivity index (χ2n) is 4.74. The van der Waals surface area contributed by atoms with Gasteiger partial charge in [0, 0.05) is 10.0 Å². The van der Waals surface area contributed by atoms with Gasteiger partial charge in [-0.1, -0.05) is 47.5 Å². The van der Waals surface area contributed by atoms with E-state index in [1.54, 1.807) is 24.3 Å². The summed E-state index contributed by atoms with van der Waals surface area (Å²) in [5.74, 6) is -1.54. The molecule has 0 bridgehead atoms. The molecule has 1 atom stereocenters. The minimum absolute atomic E-state index is 0.342. The normalized spacial score (nSPS) is 12.2. The van der Waals surface area contributed by atoms with Gasteiger partial charge in [0.1, 0.15) is 0 Å². The van der Waals surface area contributed by atoms with Crippen LogP contribution < -0.4 is 0 Å². The second kappa shape index (κ2) is 6.29. The number of hydrogen-bond donors (Lipinski definition) is 1. The molecule has 0 aliphatic heterocycles. The monoisotopic (exact) mass is 308 g/mol. The maximum atomic E-state index is 11.5. The summed E-state index contributed by atoms with van der Waals surface area (Å²) in [5.41, 5.74) is 2.56. The predicted molar refractivity (Wildman–Crippen MR) is 81.7 cm³/mol. The largest absolute Gasteiger partial charge is 0.481 e. The predicted octanol–water partition coefficient (Wildman–Crippen LogP) is 4.71. The van der Waals surface area contributed by atoms with E-state index in [4.69, 9.17) is 23.2 Å². The first kappa shape index (κ1) is 14.9. The number of aryl methyl sites for hydroxylation is 1. The number of benzene rings is 2. The fourth-order valence-electron chi connectivity index (χ4n) is 2.11. The summed E-state index contributed by atoms with van der Waals surface area (Å²) in [6.45, 7) is 1.95. The van der Waals surface area contributed by atoms with Crippen LogP contribution in [0.3, 0.4) is 0 Å². The fourth-order valence-corrected chi connectivity index (χ4v) is 2.62. The van der Waals surface area contributed by atoms with Gasteiger partial charge in [-0.3, -0.25) is 4.79 Å². The van der Waals surface area contributed by atoms with E-state index in [0.717, 1.165) is 11.1 Å². The Hall–Kier alpha value is -1.51. The van der Waals surface area contributed by atoms with Crippen LogP contribution in [0, 0.1) is 6.92 Å². The van der Waals surface area contributed by atoms with Crippen LogP contribution in [-0.4, -0.2) is 11.1 Å². The SMILES string of the molecule is Cc1ccc(CC(C(=O)O)c2cccc(Cl)c2)c(Cl)c1. The average Bonchev–Trinajstić information content (AvgIpc) is 2.37. The topological polar surface area (TPSA) is 37.3 Å². The highest BCUT2D eigenvalue weighted by Crippen LogP contribution is 2.27. The Morgan fingerprint density at radius 1 is 1.20 bits per heavy atom. The number of carboxylic acids is 1. The Balaban J connectivity index is 2.33. The third kappa shape index (κ3) is 3.53. The average molecular weight is 309 g/mol. The molecule has 2 nitrogen and oxygen atoms in total. The van der Waals surface area contributed by atoms with Crippen LogP contribution in [0.5, 0.6) is 0 Å². The number of hydrogen-bond acceptors (Lipinski definition) is 1. The molecule has 0 saturated carbocycles. The van der Waals surface area contributed by atoms with Crippen molar-refractivity contribution in [1.29, 1.82) is 0 Å². The van der Waals surface area contributed by atoms with E-state index in [-0.39, 0.29) is 0 Å². The van der Waals surface area contributed by atoms with E-state index in [0.29, 0.717) is 22.0 Å². The van der Waals surface area contributed by atoms with Gasteiger partial charge in [0.15, 0.2) is 0 Å². The molecule has 1 unspecified atom stereocenters. The Bertz CT molecular complexity index is 638. The van der Waals surface area contributed by atoms with Gasteiger partial charge in [-0.15, -0.1) is 0 Å². The number of carbonyl (C=O) groups is 1. The summed E-state index contributed by atoms with van der Waals surface area (Å²) in [6.07, 6.45) is 0.342. The smallest absolute Gasteiger partial charge is 0.311 e. The highest BCUT2D eigenvalue weighted by atomic mass is 35.5. The highest BCUT2D eigenvalue weighted by molar-refractivity contribution is 6.31. The third-order valence-electron chi connectivity index (χ3n) is 3.18. The quantitative estimate of drug-likeness (QED) is 0.888. The Morgan fingerprint density at radius 2 is 1.95 bits per heavy atom. The molecule has 20 heavy (non-hydrogen) atoms. The highest BCUT2D eigenvalue weighted by Gasteiger charge is 2.21. The van der Waals surface area contributed by atoms with Crippen molar-refractivity contribution >= 4 is 29.2 Å². The van der Waals surface area contributed by atoms with Crippen LogP contribution in [0.1, 0.15) is 22.6 Å². The maximum Gasteiger partial charge on any atom is 0.311 e. The molecular formula is C16H14Cl2O2. The zero-order valence-electron chi connectivity index (χ0n) is 10.9. The molecule has 104 valence electrons. The van der Waals surface area contributed by atoms with Crippen molar-refractivity contribution in [3.05, 3.63) is 69.2 Å². The van der Waals surface area contributed by atoms with Crippen molar-refractivity contribution in [3.8, 4) is 0 Å². The van der Waals surface area contributed by atoms with Crippen LogP contribution in [0.15, 0.2) is 42.5 Å². The minimum atomic E-state index is -0.885. The lowest BCUT2D eigenvalue weighted by Crippen LogP contribution is -2.14. The third-order valence-corrected chi connectivity index (χ3v) is 3.77. The van der Waals surface area contributed by atoms with Gasteiger partial charge < -0.3 is 5.11 Å². The van der Waals surface area contributed by atoms with Crippen LogP contribution in [0.4, 0.5) is 0 Å². The molecular weight excluding hydrogens is 295 g/mol. The first-order valence-electron chi connectivity index (χ1n) is 6.20. The van der Waals surface area contributed by atoms with Crippen LogP contribution >= 0.6 is 23.2 Å². The number of aliphatic carboxylic acids is 1. The van der Waals surface area contributed by atoms with Crippen LogP contribution in [0.2, 0.25) is 10.0 Å². The van der Waals surface area contributed by atoms with Gasteiger partial charge in [-0.05, 0) is 48.2 Å². The van der Waals surface area contributed by atoms with Gasteiger partial charge in [0.25, 0.3) is 0 Å². The molecule has 0 aliphatic carbocycles. The Morgan fingerprint density at radius 3 is 2.55 bits per heavy atom. The number of rotatable bonds is 4. The summed E-state index contributed by atoms with van der Waals surface area (Å²) < 4.78 is 0. The summed E-state index contributed by atoms with van der Waals surface area (Å²) >= 11 is 12.1. The van der Waals surface area contributed by atoms with Crippen LogP contribution in [-0.2, 0) is 11.2 Å². The summed E-state index contributed by atoms with van der Waals surface area (Å²) in [6, 6.07) is 12.6. The molecule has 0 radical (unpaired) electrons. The van der Waals surface area contributed by atoms with E-state index in [1.807, 2.05) is 25.1 Å². The van der Waals surface area contributed by atoms with Crippen molar-refractivity contribution in [2.45, 2.75) is 19.3 Å². The lowest BCUT2D eigenvalue weighted by atomic mass is 9.92. The first-order valence-corrected chi connectivity index (χ1v) is 6.96. The lowest BCUT2D eigenvalue weighted by Gasteiger charge is -2.14. The maximum absolute atomic E-state index is 11.5. The van der Waals surface area contributed by atoms with Gasteiger partial charge in [-0.2, -0.15) is 0 Å². The molecule has 0 saturated heterocycles. The second-order valence-corrected chi connectivity index (χ2v) is 5.59. The van der Waals surface area contributed by atoms with Crippen molar-refractivity contribution in [2.24, 2.45) is 0 Å². The number of halogens is 2. The first-order chi connectivity index (χ1) is 9.47. The van der Waals surface area contributed by atoms with E-state index >= 15 is 0 Å². The standard InChI is InChI=1S/C16H14Cl2O2/c1-10-5-6-12(15(18)7-10)9-14(16(19)20)11-3-2-4-13(17)8-11/h2-8,14H,9H2,1H3,(H,19,20). The fraction of sp³-hybridized carbons (Fsp3) is 0.188. The molecule has 0 fully saturated rings. The summed E-state index contributed by atoms with van der Waals surface area (Å²) in [7, 11) is 0. The van der Waals surface area contributed by atoms with Crippen LogP contribution in [0.25, 0.3) is 0 Å². The van der Waals surface area contributed by atoms with E-state index < -0.39 is 11.9 Å². The summed E-state index contributed by atoms with van der Waals surface area (Å²) in [5, 5.41) is 10.6. The molecule has 4 heteroatoms. The Kier molecular flexibility index (Phi) is 4.69. The molecule has 0 aromatic heterocycles. The molecule has 1 N–H and O–H groups in total. The van der Waals surface area contributed by atoms with Gasteiger partial charge >= 0.3 is 5.97 Å². The molecule has 0 amide bonds. The van der Waals surface area contributed by atoms with Gasteiger partial charge in [-0.25, -0.2) is 0 Å². The van der Waals surface area contributed by atoms with E-state index in [9.17, 15) is 9.90 Å². The molecule has 0 spiro atoms. The minimum Gasteiger partial charge on any atom is -0.481 e. The van der Waals surface area contributed by atoms with E-state index in [1.165, 1.54) is 0 Å². The zero-order valence-corrected chi connectivity index (χ0v) is 12.4.